The number of rotatable bonds is 2. The summed E-state index contributed by atoms with van der Waals surface area (Å²) in [5, 5.41) is 0. The highest BCUT2D eigenvalue weighted by atomic mass is 31.1. The predicted molar refractivity (Wildman–Crippen MR) is 73.5 cm³/mol. The van der Waals surface area contributed by atoms with Gasteiger partial charge in [0.25, 0.3) is 0 Å². The van der Waals surface area contributed by atoms with Crippen molar-refractivity contribution in [2.45, 2.75) is 52.4 Å². The molecule has 0 aliphatic carbocycles. The van der Waals surface area contributed by atoms with Crippen LogP contribution in [-0.2, 0) is 15.4 Å². The van der Waals surface area contributed by atoms with E-state index in [9.17, 15) is 4.57 Å². The first-order chi connectivity index (χ1) is 7.68. The van der Waals surface area contributed by atoms with Gasteiger partial charge in [0.05, 0.1) is 0 Å². The van der Waals surface area contributed by atoms with Crippen molar-refractivity contribution in [3.05, 3.63) is 29.3 Å². The standard InChI is InChI=1S/C14H22O2P/c1-13(2,3)10-8-7-9-11(16-17-15)12(10)14(4,5)6/h7-9,17H,1-6H3/q+1. The summed E-state index contributed by atoms with van der Waals surface area (Å²) < 4.78 is 16.0. The van der Waals surface area contributed by atoms with Crippen molar-refractivity contribution >= 4 is 8.69 Å². The van der Waals surface area contributed by atoms with E-state index in [4.69, 9.17) is 4.52 Å². The molecule has 1 rings (SSSR count). The third-order valence-corrected chi connectivity index (χ3v) is 3.04. The Kier molecular flexibility index (Phi) is 3.99. The highest BCUT2D eigenvalue weighted by Gasteiger charge is 2.29. The van der Waals surface area contributed by atoms with Crippen LogP contribution in [0, 0.1) is 0 Å². The molecule has 0 N–H and O–H groups in total. The fourth-order valence-electron chi connectivity index (χ4n) is 2.06. The Morgan fingerprint density at radius 3 is 2.00 bits per heavy atom. The maximum Gasteiger partial charge on any atom is 0.542 e. The summed E-state index contributed by atoms with van der Waals surface area (Å²) in [6, 6.07) is 5.98. The smallest absolute Gasteiger partial charge is 0.256 e. The van der Waals surface area contributed by atoms with Gasteiger partial charge in [-0.05, 0) is 27.0 Å². The minimum absolute atomic E-state index is 0.0289. The fraction of sp³-hybridized carbons (Fsp3) is 0.571. The summed E-state index contributed by atoms with van der Waals surface area (Å²) >= 11 is 0. The molecule has 0 amide bonds. The third kappa shape index (κ3) is 3.29. The molecule has 2 nitrogen and oxygen atoms in total. The molecular weight excluding hydrogens is 231 g/mol. The molecule has 0 saturated carbocycles. The summed E-state index contributed by atoms with van der Waals surface area (Å²) in [7, 11) is -0.760. The maximum absolute atomic E-state index is 10.7. The van der Waals surface area contributed by atoms with E-state index >= 15 is 0 Å². The predicted octanol–water partition coefficient (Wildman–Crippen LogP) is 4.60. The molecule has 0 saturated heterocycles. The number of benzene rings is 1. The molecule has 1 aromatic rings. The highest BCUT2D eigenvalue weighted by molar-refractivity contribution is 7.17. The molecule has 0 spiro atoms. The van der Waals surface area contributed by atoms with Gasteiger partial charge in [-0.2, -0.15) is 0 Å². The van der Waals surface area contributed by atoms with Gasteiger partial charge in [0.2, 0.25) is 0 Å². The van der Waals surface area contributed by atoms with Crippen molar-refractivity contribution in [2.24, 2.45) is 0 Å². The van der Waals surface area contributed by atoms with Crippen LogP contribution < -0.4 is 4.52 Å². The van der Waals surface area contributed by atoms with Gasteiger partial charge in [-0.3, -0.25) is 4.52 Å². The molecule has 0 aliphatic rings. The lowest BCUT2D eigenvalue weighted by molar-refractivity contribution is 0.484. The molecular formula is C14H22O2P+. The van der Waals surface area contributed by atoms with Crippen molar-refractivity contribution in [1.29, 1.82) is 0 Å². The van der Waals surface area contributed by atoms with E-state index < -0.39 is 8.69 Å². The lowest BCUT2D eigenvalue weighted by atomic mass is 9.75. The second kappa shape index (κ2) is 4.78. The normalized spacial score (nSPS) is 12.8. The summed E-state index contributed by atoms with van der Waals surface area (Å²) in [6.07, 6.45) is 0. The zero-order valence-electron chi connectivity index (χ0n) is 11.5. The summed E-state index contributed by atoms with van der Waals surface area (Å²) in [5.74, 6) is 0.734. The summed E-state index contributed by atoms with van der Waals surface area (Å²) in [4.78, 5) is 0. The summed E-state index contributed by atoms with van der Waals surface area (Å²) in [6.45, 7) is 13.0. The molecule has 17 heavy (non-hydrogen) atoms. The molecule has 0 aliphatic heterocycles. The maximum atomic E-state index is 10.7. The van der Waals surface area contributed by atoms with Crippen LogP contribution >= 0.6 is 8.69 Å². The SMILES string of the molecule is CC(C)(C)c1cccc(O[PH+]=O)c1C(C)(C)C. The molecule has 3 heteroatoms. The van der Waals surface area contributed by atoms with Gasteiger partial charge in [0.1, 0.15) is 0 Å². The summed E-state index contributed by atoms with van der Waals surface area (Å²) in [5.41, 5.74) is 2.42. The highest BCUT2D eigenvalue weighted by Crippen LogP contribution is 2.40. The van der Waals surface area contributed by atoms with Crippen molar-refractivity contribution in [3.8, 4) is 5.75 Å². The molecule has 0 fully saturated rings. The molecule has 1 aromatic carbocycles. The van der Waals surface area contributed by atoms with Crippen molar-refractivity contribution in [2.75, 3.05) is 0 Å². The first-order valence-electron chi connectivity index (χ1n) is 5.86. The van der Waals surface area contributed by atoms with Crippen LogP contribution in [0.5, 0.6) is 5.75 Å². The zero-order chi connectivity index (χ0) is 13.3. The van der Waals surface area contributed by atoms with Gasteiger partial charge in [0, 0.05) is 5.56 Å². The second-order valence-corrected chi connectivity index (χ2v) is 6.73. The molecule has 0 bridgehead atoms. The van der Waals surface area contributed by atoms with Crippen molar-refractivity contribution in [1.82, 2.24) is 0 Å². The first kappa shape index (κ1) is 14.2. The number of hydrogen-bond acceptors (Lipinski definition) is 2. The van der Waals surface area contributed by atoms with Crippen molar-refractivity contribution < 1.29 is 9.09 Å². The third-order valence-electron chi connectivity index (χ3n) is 2.74. The average molecular weight is 253 g/mol. The van der Waals surface area contributed by atoms with Gasteiger partial charge in [0.15, 0.2) is 5.75 Å². The minimum atomic E-state index is -0.760. The Balaban J connectivity index is 3.51. The Hall–Kier alpha value is -0.880. The van der Waals surface area contributed by atoms with Crippen LogP contribution in [0.15, 0.2) is 18.2 Å². The van der Waals surface area contributed by atoms with Crippen LogP contribution in [0.3, 0.4) is 0 Å². The van der Waals surface area contributed by atoms with E-state index in [0.717, 1.165) is 11.3 Å². The van der Waals surface area contributed by atoms with E-state index in [1.54, 1.807) is 0 Å². The van der Waals surface area contributed by atoms with E-state index in [1.807, 2.05) is 12.1 Å². The van der Waals surface area contributed by atoms with E-state index in [1.165, 1.54) is 5.56 Å². The Morgan fingerprint density at radius 1 is 1.00 bits per heavy atom. The van der Waals surface area contributed by atoms with Crippen LogP contribution in [0.2, 0.25) is 0 Å². The fourth-order valence-corrected chi connectivity index (χ4v) is 2.32. The lowest BCUT2D eigenvalue weighted by Crippen LogP contribution is -2.22. The molecule has 0 heterocycles. The van der Waals surface area contributed by atoms with Crippen LogP contribution in [0.1, 0.15) is 52.7 Å². The van der Waals surface area contributed by atoms with Crippen LogP contribution in [-0.4, -0.2) is 0 Å². The monoisotopic (exact) mass is 253 g/mol. The van der Waals surface area contributed by atoms with Gasteiger partial charge >= 0.3 is 8.69 Å². The molecule has 0 aromatic heterocycles. The Bertz CT molecular complexity index is 411. The Morgan fingerprint density at radius 2 is 1.59 bits per heavy atom. The van der Waals surface area contributed by atoms with Gasteiger partial charge in [-0.25, -0.2) is 0 Å². The molecule has 94 valence electrons. The number of hydrogen-bond donors (Lipinski definition) is 0. The topological polar surface area (TPSA) is 26.3 Å². The van der Waals surface area contributed by atoms with Crippen molar-refractivity contribution in [3.63, 3.8) is 0 Å². The largest absolute Gasteiger partial charge is 0.542 e. The quantitative estimate of drug-likeness (QED) is 0.720. The second-order valence-electron chi connectivity index (χ2n) is 6.36. The zero-order valence-corrected chi connectivity index (χ0v) is 12.5. The molecule has 1 atom stereocenters. The van der Waals surface area contributed by atoms with Gasteiger partial charge in [-0.15, -0.1) is 0 Å². The van der Waals surface area contributed by atoms with Gasteiger partial charge in [-0.1, -0.05) is 53.7 Å². The van der Waals surface area contributed by atoms with E-state index in [-0.39, 0.29) is 10.8 Å². The average Bonchev–Trinajstić information content (AvgIpc) is 2.14. The first-order valence-corrected chi connectivity index (χ1v) is 6.67. The molecule has 1 unspecified atom stereocenters. The lowest BCUT2D eigenvalue weighted by Gasteiger charge is -2.30. The Labute approximate surface area is 106 Å². The van der Waals surface area contributed by atoms with E-state index in [2.05, 4.69) is 47.6 Å². The van der Waals surface area contributed by atoms with Crippen LogP contribution in [0.25, 0.3) is 0 Å². The molecule has 0 radical (unpaired) electrons. The van der Waals surface area contributed by atoms with Crippen LogP contribution in [0.4, 0.5) is 0 Å². The van der Waals surface area contributed by atoms with E-state index in [0.29, 0.717) is 0 Å². The van der Waals surface area contributed by atoms with Gasteiger partial charge < -0.3 is 0 Å². The minimum Gasteiger partial charge on any atom is -0.256 e.